The number of hydrogen-bond donors (Lipinski definition) is 1. The van der Waals surface area contributed by atoms with Gasteiger partial charge in [-0.05, 0) is 38.4 Å². The minimum atomic E-state index is 0.491. The first-order valence-corrected chi connectivity index (χ1v) is 5.21. The van der Waals surface area contributed by atoms with Gasteiger partial charge in [0.15, 0.2) is 0 Å². The average molecular weight is 232 g/mol. The van der Waals surface area contributed by atoms with Gasteiger partial charge in [-0.25, -0.2) is 4.99 Å². The van der Waals surface area contributed by atoms with Crippen molar-refractivity contribution in [2.45, 2.75) is 6.92 Å². The first-order chi connectivity index (χ1) is 8.24. The molecule has 90 valence electrons. The number of aliphatic imine (C=N–C) groups is 1. The smallest absolute Gasteiger partial charge is 0.219 e. The van der Waals surface area contributed by atoms with Crippen LogP contribution in [0.4, 0.5) is 5.69 Å². The summed E-state index contributed by atoms with van der Waals surface area (Å²) >= 11 is 0. The molecule has 0 saturated heterocycles. The highest BCUT2D eigenvalue weighted by Gasteiger charge is 2.11. The number of carbonyl (C=O) groups is 1. The number of amides is 1. The molecule has 1 amide bonds. The molecule has 1 rings (SSSR count). The van der Waals surface area contributed by atoms with Crippen LogP contribution in [0.3, 0.4) is 0 Å². The monoisotopic (exact) mass is 232 g/mol. The summed E-state index contributed by atoms with van der Waals surface area (Å²) in [6.45, 7) is 5.99. The Kier molecular flexibility index (Phi) is 5.03. The molecule has 0 radical (unpaired) electrons. The molecule has 0 saturated carbocycles. The van der Waals surface area contributed by atoms with Crippen LogP contribution in [-0.4, -0.2) is 31.7 Å². The first-order valence-electron chi connectivity index (χ1n) is 5.21. The zero-order valence-corrected chi connectivity index (χ0v) is 10.1. The maximum Gasteiger partial charge on any atom is 0.219 e. The van der Waals surface area contributed by atoms with Crippen LogP contribution in [0.2, 0.25) is 0 Å². The fourth-order valence-electron chi connectivity index (χ4n) is 1.37. The number of carbonyl (C=O) groups excluding carboxylic acids is 1. The molecule has 0 aliphatic rings. The first kappa shape index (κ1) is 13.1. The van der Waals surface area contributed by atoms with Gasteiger partial charge in [0.1, 0.15) is 5.82 Å². The Morgan fingerprint density at radius 3 is 3.00 bits per heavy atom. The molecule has 0 bridgehead atoms. The Morgan fingerprint density at radius 2 is 2.47 bits per heavy atom. The van der Waals surface area contributed by atoms with E-state index in [4.69, 9.17) is 0 Å². The van der Waals surface area contributed by atoms with E-state index in [0.717, 1.165) is 5.56 Å². The van der Waals surface area contributed by atoms with Crippen LogP contribution < -0.4 is 10.2 Å². The Bertz CT molecular complexity index is 428. The van der Waals surface area contributed by atoms with Crippen molar-refractivity contribution < 1.29 is 4.79 Å². The summed E-state index contributed by atoms with van der Waals surface area (Å²) in [5, 5.41) is 2.96. The predicted molar refractivity (Wildman–Crippen MR) is 69.1 cm³/mol. The molecule has 0 spiro atoms. The van der Waals surface area contributed by atoms with Gasteiger partial charge in [0.25, 0.3) is 0 Å². The second kappa shape index (κ2) is 6.55. The normalized spacial score (nSPS) is 11.1. The van der Waals surface area contributed by atoms with Gasteiger partial charge in [-0.2, -0.15) is 0 Å². The fourth-order valence-corrected chi connectivity index (χ4v) is 1.37. The lowest BCUT2D eigenvalue weighted by Gasteiger charge is -2.19. The van der Waals surface area contributed by atoms with Crippen LogP contribution in [0.5, 0.6) is 0 Å². The number of nitrogens with one attached hydrogen (secondary N) is 1. The van der Waals surface area contributed by atoms with Crippen molar-refractivity contribution in [2.24, 2.45) is 4.99 Å². The average Bonchev–Trinajstić information content (AvgIpc) is 2.36. The molecular weight excluding hydrogens is 216 g/mol. The van der Waals surface area contributed by atoms with Crippen LogP contribution in [-0.2, 0) is 4.79 Å². The summed E-state index contributed by atoms with van der Waals surface area (Å²) in [5.41, 5.74) is 1.66. The van der Waals surface area contributed by atoms with Crippen LogP contribution in [0.15, 0.2) is 35.3 Å². The minimum absolute atomic E-state index is 0.491. The highest BCUT2D eigenvalue weighted by atomic mass is 16.1. The Balaban J connectivity index is 3.10. The summed E-state index contributed by atoms with van der Waals surface area (Å²) in [7, 11) is 1.82. The Labute approximate surface area is 101 Å². The fraction of sp³-hybridized carbons (Fsp3) is 0.250. The second-order valence-corrected chi connectivity index (χ2v) is 3.42. The van der Waals surface area contributed by atoms with Gasteiger partial charge in [0.05, 0.1) is 11.9 Å². The lowest BCUT2D eigenvalue weighted by Crippen LogP contribution is -2.21. The number of hydrogen-bond acceptors (Lipinski definition) is 4. The van der Waals surface area contributed by atoms with Crippen molar-refractivity contribution >= 4 is 18.8 Å². The topological polar surface area (TPSA) is 57.6 Å². The van der Waals surface area contributed by atoms with Crippen LogP contribution >= 0.6 is 0 Å². The molecule has 5 heteroatoms. The van der Waals surface area contributed by atoms with Gasteiger partial charge < -0.3 is 5.32 Å². The van der Waals surface area contributed by atoms with Crippen molar-refractivity contribution in [1.82, 2.24) is 10.3 Å². The van der Waals surface area contributed by atoms with Gasteiger partial charge in [-0.3, -0.25) is 14.7 Å². The number of rotatable bonds is 6. The molecule has 0 aliphatic heterocycles. The van der Waals surface area contributed by atoms with Crippen LogP contribution in [0, 0.1) is 6.92 Å². The number of pyridine rings is 1. The van der Waals surface area contributed by atoms with E-state index in [1.165, 1.54) is 4.90 Å². The molecule has 0 unspecified atom stereocenters. The maximum absolute atomic E-state index is 11.2. The third kappa shape index (κ3) is 3.22. The number of anilines is 1. The van der Waals surface area contributed by atoms with E-state index in [1.54, 1.807) is 18.5 Å². The second-order valence-electron chi connectivity index (χ2n) is 3.42. The van der Waals surface area contributed by atoms with Gasteiger partial charge in [-0.15, -0.1) is 0 Å². The predicted octanol–water partition coefficient (Wildman–Crippen LogP) is 1.11. The zero-order valence-electron chi connectivity index (χ0n) is 10.1. The molecule has 1 aromatic heterocycles. The number of aromatic nitrogens is 1. The van der Waals surface area contributed by atoms with E-state index in [1.807, 2.05) is 20.0 Å². The van der Waals surface area contributed by atoms with Gasteiger partial charge in [0, 0.05) is 12.7 Å². The van der Waals surface area contributed by atoms with Crippen LogP contribution in [0.1, 0.15) is 5.56 Å². The molecular formula is C12H16N4O. The van der Waals surface area contributed by atoms with E-state index >= 15 is 0 Å². The maximum atomic E-state index is 11.2. The van der Waals surface area contributed by atoms with Crippen molar-refractivity contribution in [3.05, 3.63) is 35.9 Å². The Morgan fingerprint density at radius 1 is 1.71 bits per heavy atom. The summed E-state index contributed by atoms with van der Waals surface area (Å²) in [5.74, 6) is 0.491. The van der Waals surface area contributed by atoms with Crippen molar-refractivity contribution in [3.63, 3.8) is 0 Å². The molecule has 1 aromatic rings. The van der Waals surface area contributed by atoms with Crippen molar-refractivity contribution in [3.8, 4) is 0 Å². The summed E-state index contributed by atoms with van der Waals surface area (Å²) in [4.78, 5) is 20.5. The lowest BCUT2D eigenvalue weighted by atomic mass is 10.2. The highest BCUT2D eigenvalue weighted by Crippen LogP contribution is 2.20. The third-order valence-corrected chi connectivity index (χ3v) is 2.27. The molecule has 17 heavy (non-hydrogen) atoms. The van der Waals surface area contributed by atoms with Crippen molar-refractivity contribution in [1.29, 1.82) is 0 Å². The summed E-state index contributed by atoms with van der Waals surface area (Å²) in [6.07, 6.45) is 5.80. The largest absolute Gasteiger partial charge is 0.316 e. The van der Waals surface area contributed by atoms with Gasteiger partial charge in [0.2, 0.25) is 6.41 Å². The van der Waals surface area contributed by atoms with E-state index in [-0.39, 0.29) is 0 Å². The molecule has 0 aromatic carbocycles. The lowest BCUT2D eigenvalue weighted by molar-refractivity contribution is -0.107. The van der Waals surface area contributed by atoms with Crippen LogP contribution in [0.25, 0.3) is 0 Å². The van der Waals surface area contributed by atoms with Gasteiger partial charge >= 0.3 is 0 Å². The van der Waals surface area contributed by atoms with Gasteiger partial charge in [-0.1, -0.05) is 0 Å². The number of aryl methyl sites for hydroxylation is 1. The molecule has 0 fully saturated rings. The highest BCUT2D eigenvalue weighted by molar-refractivity contribution is 5.81. The van der Waals surface area contributed by atoms with Crippen molar-refractivity contribution in [2.75, 3.05) is 18.5 Å². The van der Waals surface area contributed by atoms with E-state index in [2.05, 4.69) is 22.0 Å². The Hall–Kier alpha value is -2.01. The molecule has 1 heterocycles. The summed E-state index contributed by atoms with van der Waals surface area (Å²) in [6, 6.07) is 1.84. The van der Waals surface area contributed by atoms with E-state index < -0.39 is 0 Å². The quantitative estimate of drug-likeness (QED) is 0.590. The number of likely N-dealkylation sites (N-methyl/N-ethyl adjacent to an activating group) is 1. The standard InChI is InChI=1S/C12H16N4O/c1-10-4-7-15-8-11(10)16(9-17)12(14-3)5-6-13-2/h4-5,7-9,13H,3,6H2,1-2H3/b12-5-. The third-order valence-electron chi connectivity index (χ3n) is 2.27. The van der Waals surface area contributed by atoms with E-state index in [0.29, 0.717) is 24.5 Å². The molecule has 0 aliphatic carbocycles. The molecule has 0 atom stereocenters. The summed E-state index contributed by atoms with van der Waals surface area (Å²) < 4.78 is 0. The minimum Gasteiger partial charge on any atom is -0.316 e. The molecule has 1 N–H and O–H groups in total. The zero-order chi connectivity index (χ0) is 12.7. The molecule has 5 nitrogen and oxygen atoms in total. The SMILES string of the molecule is C=N/C(=C/CNC)N(C=O)c1cnccc1C. The number of nitrogens with zero attached hydrogens (tertiary/aromatic N) is 3. The van der Waals surface area contributed by atoms with E-state index in [9.17, 15) is 4.79 Å².